The highest BCUT2D eigenvalue weighted by Gasteiger charge is 2.49. The van der Waals surface area contributed by atoms with Crippen LogP contribution in [0.1, 0.15) is 56.1 Å². The lowest BCUT2D eigenvalue weighted by molar-refractivity contribution is -0.137. The number of ether oxygens (including phenoxy) is 1. The van der Waals surface area contributed by atoms with Crippen LogP contribution >= 0.6 is 11.3 Å². The van der Waals surface area contributed by atoms with E-state index < -0.39 is 52.3 Å². The quantitative estimate of drug-likeness (QED) is 0.209. The maximum Gasteiger partial charge on any atom is 0.417 e. The SMILES string of the molecule is CN(c1nc(OCC23CCCN2CC(F)C3)nc2c(F)c(-c3ccc(F)c4sc(N)c(C#N)c34)c(C(F)(F)F)cc12)C1CCC(O)CC1. The Morgan fingerprint density at radius 1 is 1.21 bits per heavy atom. The number of fused-ring (bicyclic) bond motifs is 3. The van der Waals surface area contributed by atoms with Crippen molar-refractivity contribution < 1.29 is 36.2 Å². The molecule has 0 spiro atoms. The van der Waals surface area contributed by atoms with Crippen molar-refractivity contribution in [2.75, 3.05) is 37.4 Å². The van der Waals surface area contributed by atoms with Gasteiger partial charge in [-0.05, 0) is 62.8 Å². The molecular formula is C33H32F6N6O2S. The molecule has 2 aromatic carbocycles. The van der Waals surface area contributed by atoms with Crippen LogP contribution in [0.4, 0.5) is 37.2 Å². The van der Waals surface area contributed by atoms with Crippen LogP contribution in [-0.4, -0.2) is 70.6 Å². The van der Waals surface area contributed by atoms with Crippen molar-refractivity contribution in [2.24, 2.45) is 0 Å². The highest BCUT2D eigenvalue weighted by Crippen LogP contribution is 2.48. The third-order valence-electron chi connectivity index (χ3n) is 10.2. The fourth-order valence-electron chi connectivity index (χ4n) is 7.79. The van der Waals surface area contributed by atoms with Gasteiger partial charge in [0.2, 0.25) is 0 Å². The van der Waals surface area contributed by atoms with Crippen molar-refractivity contribution in [3.8, 4) is 23.2 Å². The number of hydrogen-bond acceptors (Lipinski definition) is 9. The predicted octanol–water partition coefficient (Wildman–Crippen LogP) is 6.96. The summed E-state index contributed by atoms with van der Waals surface area (Å²) in [5, 5.41) is 19.3. The molecule has 1 aliphatic carbocycles. The first-order valence-corrected chi connectivity index (χ1v) is 16.6. The second-order valence-electron chi connectivity index (χ2n) is 13.0. The molecule has 4 aromatic rings. The van der Waals surface area contributed by atoms with Gasteiger partial charge in [-0.25, -0.2) is 13.2 Å². The van der Waals surface area contributed by atoms with E-state index in [4.69, 9.17) is 10.5 Å². The number of nitrogen functional groups attached to an aromatic ring is 1. The summed E-state index contributed by atoms with van der Waals surface area (Å²) in [7, 11) is 1.64. The van der Waals surface area contributed by atoms with E-state index >= 15 is 4.39 Å². The summed E-state index contributed by atoms with van der Waals surface area (Å²) in [6, 6.07) is 4.00. The summed E-state index contributed by atoms with van der Waals surface area (Å²) in [6.07, 6.45) is -2.86. The van der Waals surface area contributed by atoms with Crippen LogP contribution in [-0.2, 0) is 6.18 Å². The normalized spacial score (nSPS) is 24.7. The number of anilines is 2. The third-order valence-corrected chi connectivity index (χ3v) is 11.2. The van der Waals surface area contributed by atoms with Crippen LogP contribution in [0.2, 0.25) is 0 Å². The number of hydrogen-bond donors (Lipinski definition) is 2. The number of nitriles is 1. The second-order valence-corrected chi connectivity index (χ2v) is 14.1. The minimum absolute atomic E-state index is 0.00431. The summed E-state index contributed by atoms with van der Waals surface area (Å²) in [4.78, 5) is 12.5. The van der Waals surface area contributed by atoms with Crippen molar-refractivity contribution in [1.82, 2.24) is 14.9 Å². The monoisotopic (exact) mass is 690 g/mol. The number of benzene rings is 2. The number of nitrogens with zero attached hydrogens (tertiary/aromatic N) is 5. The lowest BCUT2D eigenvalue weighted by atomic mass is 9.91. The number of halogens is 6. The maximum atomic E-state index is 17.0. The van der Waals surface area contributed by atoms with Crippen LogP contribution < -0.4 is 15.4 Å². The van der Waals surface area contributed by atoms with Gasteiger partial charge in [0.15, 0.2) is 5.82 Å². The Morgan fingerprint density at radius 2 is 1.96 bits per heavy atom. The molecule has 4 heterocycles. The number of nitrogens with two attached hydrogens (primary N) is 1. The Hall–Kier alpha value is -3.87. The van der Waals surface area contributed by atoms with Crippen LogP contribution in [0.25, 0.3) is 32.1 Å². The maximum absolute atomic E-state index is 17.0. The lowest BCUT2D eigenvalue weighted by Crippen LogP contribution is -2.43. The van der Waals surface area contributed by atoms with Crippen molar-refractivity contribution in [1.29, 1.82) is 5.26 Å². The number of alkyl halides is 4. The molecule has 0 bridgehead atoms. The van der Waals surface area contributed by atoms with Crippen molar-refractivity contribution in [2.45, 2.75) is 75.0 Å². The highest BCUT2D eigenvalue weighted by molar-refractivity contribution is 7.23. The van der Waals surface area contributed by atoms with Gasteiger partial charge in [-0.1, -0.05) is 6.07 Å². The Labute approximate surface area is 275 Å². The smallest absolute Gasteiger partial charge is 0.417 e. The van der Waals surface area contributed by atoms with Crippen molar-refractivity contribution in [3.05, 3.63) is 41.0 Å². The Balaban J connectivity index is 1.44. The Bertz CT molecular complexity index is 1960. The van der Waals surface area contributed by atoms with Gasteiger partial charge in [0.25, 0.3) is 0 Å². The molecule has 8 nitrogen and oxygen atoms in total. The predicted molar refractivity (Wildman–Crippen MR) is 170 cm³/mol. The van der Waals surface area contributed by atoms with Gasteiger partial charge in [0.1, 0.15) is 41.0 Å². The molecule has 7 rings (SSSR count). The number of thiophene rings is 1. The van der Waals surface area contributed by atoms with Gasteiger partial charge in [0.05, 0.1) is 27.5 Å². The van der Waals surface area contributed by atoms with E-state index in [2.05, 4.69) is 9.97 Å². The number of rotatable bonds is 6. The largest absolute Gasteiger partial charge is 0.461 e. The molecule has 0 amide bonds. The number of aliphatic hydroxyl groups excluding tert-OH is 1. The first-order chi connectivity index (χ1) is 22.8. The molecular weight excluding hydrogens is 658 g/mol. The van der Waals surface area contributed by atoms with Gasteiger partial charge in [-0.2, -0.15) is 28.4 Å². The minimum atomic E-state index is -5.09. The molecule has 2 aromatic heterocycles. The molecule has 2 unspecified atom stereocenters. The number of aromatic nitrogens is 2. The zero-order chi connectivity index (χ0) is 34.1. The van der Waals surface area contributed by atoms with Crippen LogP contribution in [0, 0.1) is 23.0 Å². The molecule has 2 saturated heterocycles. The lowest BCUT2D eigenvalue weighted by Gasteiger charge is -2.35. The first-order valence-electron chi connectivity index (χ1n) is 15.8. The first kappa shape index (κ1) is 32.7. The summed E-state index contributed by atoms with van der Waals surface area (Å²) in [5.41, 5.74) is 1.99. The van der Waals surface area contributed by atoms with Gasteiger partial charge in [0, 0.05) is 42.4 Å². The van der Waals surface area contributed by atoms with Gasteiger partial charge in [-0.3, -0.25) is 4.90 Å². The molecule has 0 radical (unpaired) electrons. The van der Waals surface area contributed by atoms with Crippen LogP contribution in [0.15, 0.2) is 18.2 Å². The molecule has 2 aliphatic heterocycles. The molecule has 254 valence electrons. The van der Waals surface area contributed by atoms with Crippen LogP contribution in [0.5, 0.6) is 6.01 Å². The molecule has 3 fully saturated rings. The average Bonchev–Trinajstić information content (AvgIpc) is 3.69. The molecule has 3 aliphatic rings. The highest BCUT2D eigenvalue weighted by atomic mass is 32.1. The van der Waals surface area contributed by atoms with E-state index in [1.165, 1.54) is 0 Å². The second kappa shape index (κ2) is 11.9. The van der Waals surface area contributed by atoms with E-state index in [-0.39, 0.29) is 69.0 Å². The van der Waals surface area contributed by atoms with Crippen molar-refractivity contribution in [3.63, 3.8) is 0 Å². The molecule has 15 heteroatoms. The van der Waals surface area contributed by atoms with E-state index in [1.54, 1.807) is 11.9 Å². The fraction of sp³-hybridized carbons (Fsp3) is 0.485. The molecule has 48 heavy (non-hydrogen) atoms. The number of aliphatic hydroxyl groups is 1. The van der Waals surface area contributed by atoms with Gasteiger partial charge < -0.3 is 20.5 Å². The van der Waals surface area contributed by atoms with E-state index in [0.717, 1.165) is 24.6 Å². The van der Waals surface area contributed by atoms with E-state index in [9.17, 15) is 32.3 Å². The summed E-state index contributed by atoms with van der Waals surface area (Å²) in [6.45, 7) is 0.975. The summed E-state index contributed by atoms with van der Waals surface area (Å²) >= 11 is 0.688. The van der Waals surface area contributed by atoms with Crippen LogP contribution in [0.3, 0.4) is 0 Å². The van der Waals surface area contributed by atoms with Gasteiger partial charge in [-0.15, -0.1) is 11.3 Å². The fourth-order valence-corrected chi connectivity index (χ4v) is 8.74. The Kier molecular flexibility index (Phi) is 8.11. The molecule has 1 saturated carbocycles. The summed E-state index contributed by atoms with van der Waals surface area (Å²) < 4.78 is 96.9. The zero-order valence-electron chi connectivity index (χ0n) is 25.9. The van der Waals surface area contributed by atoms with Crippen molar-refractivity contribution >= 4 is 43.1 Å². The van der Waals surface area contributed by atoms with Gasteiger partial charge >= 0.3 is 12.2 Å². The average molecular weight is 691 g/mol. The minimum Gasteiger partial charge on any atom is -0.461 e. The summed E-state index contributed by atoms with van der Waals surface area (Å²) in [5.74, 6) is -2.17. The van der Waals surface area contributed by atoms with E-state index in [1.807, 2.05) is 11.0 Å². The molecule has 2 atom stereocenters. The standard InChI is InChI=1S/C33H32F6N6O2S/c1-44(17-3-5-18(46)6-4-17)30-20-11-22(33(37,38)39)25(19-7-8-23(35)28-24(19)21(13-40)29(41)48-28)26(36)27(20)42-31(43-30)47-15-32-9-2-10-45(32)14-16(34)12-32/h7-8,11,16-18,46H,2-6,9-10,12,14-15,41H2,1H3. The van der Waals surface area contributed by atoms with E-state index in [0.29, 0.717) is 50.0 Å². The molecule has 3 N–H and O–H groups in total. The topological polar surface area (TPSA) is 112 Å². The zero-order valence-corrected chi connectivity index (χ0v) is 26.7. The third kappa shape index (κ3) is 5.38. The Morgan fingerprint density at radius 3 is 2.67 bits per heavy atom.